The molecule has 9 nitrogen and oxygen atoms in total. The molecule has 1 aromatic carbocycles. The molecule has 0 bridgehead atoms. The number of amides is 4. The van der Waals surface area contributed by atoms with Gasteiger partial charge in [-0.25, -0.2) is 4.79 Å². The fraction of sp³-hybridized carbons (Fsp3) is 0.609. The Hall–Kier alpha value is -2.97. The summed E-state index contributed by atoms with van der Waals surface area (Å²) in [6.07, 6.45) is 2.65. The molecule has 0 aromatic heterocycles. The van der Waals surface area contributed by atoms with Gasteiger partial charge in [0.2, 0.25) is 5.75 Å². The van der Waals surface area contributed by atoms with Crippen LogP contribution in [0.3, 0.4) is 0 Å². The van der Waals surface area contributed by atoms with Gasteiger partial charge in [0.15, 0.2) is 11.5 Å². The van der Waals surface area contributed by atoms with Crippen LogP contribution in [0.15, 0.2) is 12.1 Å². The molecule has 2 aliphatic heterocycles. The minimum absolute atomic E-state index is 0.0379. The van der Waals surface area contributed by atoms with Crippen molar-refractivity contribution in [2.45, 2.75) is 45.1 Å². The van der Waals surface area contributed by atoms with Crippen molar-refractivity contribution in [1.82, 2.24) is 15.5 Å². The molecule has 2 fully saturated rings. The van der Waals surface area contributed by atoms with Crippen LogP contribution in [0.1, 0.15) is 49.9 Å². The maximum absolute atomic E-state index is 13.3. The Bertz CT molecular complexity index is 879. The molecule has 2 aliphatic rings. The smallest absolute Gasteiger partial charge is 0.322 e. The standard InChI is InChI=1S/C23H33N3O6/c1-14(2)8-11-23(21(28)24-22(29)25-23)15-9-12-26(13-10-15)20(27)16-6-7-17(30-3)19(32-5)18(16)31-4/h6-7,14-15H,8-13H2,1-5H3,(H2,24,25,28,29)/t23-/m1/s1. The molecule has 1 aromatic rings. The van der Waals surface area contributed by atoms with Crippen LogP contribution in [0.2, 0.25) is 0 Å². The van der Waals surface area contributed by atoms with E-state index in [1.54, 1.807) is 17.0 Å². The van der Waals surface area contributed by atoms with Crippen molar-refractivity contribution in [3.63, 3.8) is 0 Å². The molecular formula is C23H33N3O6. The summed E-state index contributed by atoms with van der Waals surface area (Å²) in [7, 11) is 4.51. The summed E-state index contributed by atoms with van der Waals surface area (Å²) in [4.78, 5) is 39.7. The fourth-order valence-corrected chi connectivity index (χ4v) is 4.70. The molecule has 3 rings (SSSR count). The van der Waals surface area contributed by atoms with E-state index in [9.17, 15) is 14.4 Å². The predicted octanol–water partition coefficient (Wildman–Crippen LogP) is 2.58. The van der Waals surface area contributed by atoms with Gasteiger partial charge in [0, 0.05) is 13.1 Å². The van der Waals surface area contributed by atoms with E-state index in [0.717, 1.165) is 6.42 Å². The van der Waals surface area contributed by atoms with Gasteiger partial charge in [-0.15, -0.1) is 0 Å². The number of methoxy groups -OCH3 is 3. The van der Waals surface area contributed by atoms with E-state index in [1.165, 1.54) is 21.3 Å². The number of urea groups is 1. The normalized spacial score (nSPS) is 21.4. The van der Waals surface area contributed by atoms with Crippen LogP contribution < -0.4 is 24.8 Å². The molecular weight excluding hydrogens is 414 g/mol. The maximum Gasteiger partial charge on any atom is 0.322 e. The van der Waals surface area contributed by atoms with Gasteiger partial charge < -0.3 is 24.4 Å². The number of piperidine rings is 1. The van der Waals surface area contributed by atoms with Gasteiger partial charge in [-0.2, -0.15) is 0 Å². The summed E-state index contributed by atoms with van der Waals surface area (Å²) in [5, 5.41) is 5.33. The SMILES string of the molecule is COc1ccc(C(=O)N2CCC([C@@]3(CCC(C)C)NC(=O)NC3=O)CC2)c(OC)c1OC. The van der Waals surface area contributed by atoms with Gasteiger partial charge in [0.05, 0.1) is 26.9 Å². The predicted molar refractivity (Wildman–Crippen MR) is 118 cm³/mol. The van der Waals surface area contributed by atoms with E-state index in [1.807, 2.05) is 0 Å². The quantitative estimate of drug-likeness (QED) is 0.594. The largest absolute Gasteiger partial charge is 0.493 e. The first-order chi connectivity index (χ1) is 15.3. The van der Waals surface area contributed by atoms with E-state index in [-0.39, 0.29) is 17.7 Å². The summed E-state index contributed by atoms with van der Waals surface area (Å²) < 4.78 is 16.2. The Balaban J connectivity index is 1.77. The lowest BCUT2D eigenvalue weighted by molar-refractivity contribution is -0.127. The molecule has 9 heteroatoms. The summed E-state index contributed by atoms with van der Waals surface area (Å²) in [6.45, 7) is 5.15. The van der Waals surface area contributed by atoms with E-state index < -0.39 is 11.6 Å². The number of ether oxygens (including phenoxy) is 3. The maximum atomic E-state index is 13.3. The molecule has 4 amide bonds. The van der Waals surface area contributed by atoms with Gasteiger partial charge >= 0.3 is 6.03 Å². The molecule has 0 spiro atoms. The first-order valence-electron chi connectivity index (χ1n) is 11.0. The zero-order chi connectivity index (χ0) is 23.5. The van der Waals surface area contributed by atoms with Crippen molar-refractivity contribution in [2.75, 3.05) is 34.4 Å². The number of hydrogen-bond donors (Lipinski definition) is 2. The Morgan fingerprint density at radius 3 is 2.25 bits per heavy atom. The molecule has 0 unspecified atom stereocenters. The number of likely N-dealkylation sites (tertiary alicyclic amines) is 1. The van der Waals surface area contributed by atoms with Crippen LogP contribution in [-0.4, -0.2) is 62.7 Å². The minimum atomic E-state index is -0.905. The number of nitrogens with one attached hydrogen (secondary N) is 2. The lowest BCUT2D eigenvalue weighted by Gasteiger charge is -2.41. The van der Waals surface area contributed by atoms with Crippen molar-refractivity contribution < 1.29 is 28.6 Å². The van der Waals surface area contributed by atoms with Gasteiger partial charge in [0.25, 0.3) is 11.8 Å². The van der Waals surface area contributed by atoms with Crippen molar-refractivity contribution in [1.29, 1.82) is 0 Å². The molecule has 2 N–H and O–H groups in total. The summed E-state index contributed by atoms with van der Waals surface area (Å²) in [6, 6.07) is 2.91. The van der Waals surface area contributed by atoms with Crippen molar-refractivity contribution in [2.24, 2.45) is 11.8 Å². The molecule has 0 saturated carbocycles. The van der Waals surface area contributed by atoms with Crippen molar-refractivity contribution >= 4 is 17.8 Å². The monoisotopic (exact) mass is 447 g/mol. The van der Waals surface area contributed by atoms with Crippen LogP contribution in [0.25, 0.3) is 0 Å². The lowest BCUT2D eigenvalue weighted by atomic mass is 9.74. The summed E-state index contributed by atoms with van der Waals surface area (Å²) >= 11 is 0. The van der Waals surface area contributed by atoms with E-state index in [4.69, 9.17) is 14.2 Å². The van der Waals surface area contributed by atoms with Crippen molar-refractivity contribution in [3.05, 3.63) is 17.7 Å². The van der Waals surface area contributed by atoms with Gasteiger partial charge in [-0.1, -0.05) is 13.8 Å². The molecule has 1 atom stereocenters. The molecule has 176 valence electrons. The fourth-order valence-electron chi connectivity index (χ4n) is 4.70. The van der Waals surface area contributed by atoms with Crippen molar-refractivity contribution in [3.8, 4) is 17.2 Å². The average molecular weight is 448 g/mol. The highest BCUT2D eigenvalue weighted by atomic mass is 16.5. The van der Waals surface area contributed by atoms with Crippen LogP contribution in [-0.2, 0) is 4.79 Å². The number of hydrogen-bond acceptors (Lipinski definition) is 6. The molecule has 2 saturated heterocycles. The highest BCUT2D eigenvalue weighted by Gasteiger charge is 2.52. The zero-order valence-corrected chi connectivity index (χ0v) is 19.4. The Kier molecular flexibility index (Phi) is 7.16. The van der Waals surface area contributed by atoms with Crippen LogP contribution in [0.5, 0.6) is 17.2 Å². The Morgan fingerprint density at radius 2 is 1.75 bits per heavy atom. The third kappa shape index (κ3) is 4.33. The zero-order valence-electron chi connectivity index (χ0n) is 19.4. The number of carbonyl (C=O) groups excluding carboxylic acids is 3. The second-order valence-corrected chi connectivity index (χ2v) is 8.76. The summed E-state index contributed by atoms with van der Waals surface area (Å²) in [5.74, 6) is 1.13. The van der Waals surface area contributed by atoms with Crippen LogP contribution >= 0.6 is 0 Å². The highest BCUT2D eigenvalue weighted by molar-refractivity contribution is 6.07. The minimum Gasteiger partial charge on any atom is -0.493 e. The first-order valence-corrected chi connectivity index (χ1v) is 11.0. The molecule has 32 heavy (non-hydrogen) atoms. The molecule has 0 radical (unpaired) electrons. The average Bonchev–Trinajstić information content (AvgIpc) is 3.09. The third-order valence-corrected chi connectivity index (χ3v) is 6.50. The Morgan fingerprint density at radius 1 is 1.09 bits per heavy atom. The topological polar surface area (TPSA) is 106 Å². The highest BCUT2D eigenvalue weighted by Crippen LogP contribution is 2.41. The van der Waals surface area contributed by atoms with Crippen LogP contribution in [0.4, 0.5) is 4.79 Å². The second-order valence-electron chi connectivity index (χ2n) is 8.76. The van der Waals surface area contributed by atoms with Gasteiger partial charge in [-0.05, 0) is 49.7 Å². The van der Waals surface area contributed by atoms with Gasteiger partial charge in [-0.3, -0.25) is 14.9 Å². The number of benzene rings is 1. The van der Waals surface area contributed by atoms with E-state index in [2.05, 4.69) is 24.5 Å². The summed E-state index contributed by atoms with van der Waals surface area (Å²) in [5.41, 5.74) is -0.512. The van der Waals surface area contributed by atoms with E-state index in [0.29, 0.717) is 61.1 Å². The van der Waals surface area contributed by atoms with E-state index >= 15 is 0 Å². The second kappa shape index (κ2) is 9.67. The first kappa shape index (κ1) is 23.7. The number of carbonyl (C=O) groups is 3. The third-order valence-electron chi connectivity index (χ3n) is 6.50. The number of rotatable bonds is 8. The molecule has 0 aliphatic carbocycles. The van der Waals surface area contributed by atoms with Crippen LogP contribution in [0, 0.1) is 11.8 Å². The lowest BCUT2D eigenvalue weighted by Crippen LogP contribution is -2.56. The van der Waals surface area contributed by atoms with Gasteiger partial charge in [0.1, 0.15) is 5.54 Å². The molecule has 2 heterocycles. The Labute approximate surface area is 188 Å². The number of nitrogens with zero attached hydrogens (tertiary/aromatic N) is 1. The number of imide groups is 1.